The molecule has 1 amide bonds. The van der Waals surface area contributed by atoms with E-state index < -0.39 is 5.97 Å². The average molecular weight is 373 g/mol. The number of rotatable bonds is 8. The third-order valence-electron chi connectivity index (χ3n) is 4.90. The summed E-state index contributed by atoms with van der Waals surface area (Å²) >= 11 is 0. The fourth-order valence-corrected chi connectivity index (χ4v) is 3.56. The third kappa shape index (κ3) is 4.18. The van der Waals surface area contributed by atoms with Crippen LogP contribution >= 0.6 is 0 Å². The van der Waals surface area contributed by atoms with Crippen LogP contribution in [-0.4, -0.2) is 33.3 Å². The van der Waals surface area contributed by atoms with Gasteiger partial charge in [0, 0.05) is 24.2 Å². The van der Waals surface area contributed by atoms with Crippen molar-refractivity contribution in [2.75, 3.05) is 6.54 Å². The van der Waals surface area contributed by atoms with E-state index in [4.69, 9.17) is 5.11 Å². The first-order chi connectivity index (χ1) is 13.0. The molecule has 144 valence electrons. The van der Waals surface area contributed by atoms with Gasteiger partial charge in [0.2, 0.25) is 0 Å². The van der Waals surface area contributed by atoms with Gasteiger partial charge in [0.1, 0.15) is 11.5 Å². The number of carbonyl (C=O) groups is 2. The Morgan fingerprint density at radius 3 is 2.81 bits per heavy atom. The highest BCUT2D eigenvalue weighted by Crippen LogP contribution is 2.29. The molecule has 0 unspecified atom stereocenters. The number of aryl methyl sites for hydroxylation is 1. The monoisotopic (exact) mass is 373 g/mol. The molecule has 0 aliphatic heterocycles. The molecule has 2 N–H and O–H groups in total. The second kappa shape index (κ2) is 8.33. The molecule has 2 aromatic rings. The van der Waals surface area contributed by atoms with Crippen LogP contribution in [0.3, 0.4) is 0 Å². The van der Waals surface area contributed by atoms with Crippen LogP contribution < -0.4 is 5.32 Å². The average Bonchev–Trinajstić information content (AvgIpc) is 3.21. The van der Waals surface area contributed by atoms with Gasteiger partial charge in [-0.15, -0.1) is 0 Å². The Morgan fingerprint density at radius 2 is 2.07 bits per heavy atom. The number of aromatic nitrogens is 2. The van der Waals surface area contributed by atoms with Crippen molar-refractivity contribution in [2.24, 2.45) is 0 Å². The van der Waals surface area contributed by atoms with Crippen molar-refractivity contribution in [3.63, 3.8) is 0 Å². The number of amides is 1. The zero-order valence-electron chi connectivity index (χ0n) is 15.4. The number of carboxylic acids is 1. The number of para-hydroxylation sites is 1. The van der Waals surface area contributed by atoms with Gasteiger partial charge >= 0.3 is 5.97 Å². The minimum absolute atomic E-state index is 0.147. The zero-order chi connectivity index (χ0) is 19.4. The maximum atomic E-state index is 14.4. The Balaban J connectivity index is 1.72. The van der Waals surface area contributed by atoms with Gasteiger partial charge in [-0.3, -0.25) is 9.59 Å². The molecule has 0 saturated carbocycles. The lowest BCUT2D eigenvalue weighted by Gasteiger charge is -2.10. The quantitative estimate of drug-likeness (QED) is 0.696. The van der Waals surface area contributed by atoms with Gasteiger partial charge in [0.15, 0.2) is 5.69 Å². The highest BCUT2D eigenvalue weighted by atomic mass is 19.1. The van der Waals surface area contributed by atoms with Gasteiger partial charge in [-0.05, 0) is 50.7 Å². The highest BCUT2D eigenvalue weighted by Gasteiger charge is 2.28. The number of nitrogens with zero attached hydrogens (tertiary/aromatic N) is 2. The van der Waals surface area contributed by atoms with Crippen molar-refractivity contribution in [3.05, 3.63) is 46.5 Å². The number of fused-ring (bicyclic) bond motifs is 1. The standard InChI is InChI=1S/C20H24FN3O3/c1-13-7-5-9-15(21)19(13)24-16-10-6-8-14(16)18(23-24)20(27)22-12-4-2-3-11-17(25)26/h5,7,9H,2-4,6,8,10-12H2,1H3,(H,22,27)(H,25,26). The molecular weight excluding hydrogens is 349 g/mol. The van der Waals surface area contributed by atoms with Crippen LogP contribution in [0.25, 0.3) is 5.69 Å². The molecule has 0 spiro atoms. The van der Waals surface area contributed by atoms with Crippen molar-refractivity contribution in [3.8, 4) is 5.69 Å². The summed E-state index contributed by atoms with van der Waals surface area (Å²) < 4.78 is 16.0. The van der Waals surface area contributed by atoms with Crippen LogP contribution in [0.2, 0.25) is 0 Å². The summed E-state index contributed by atoms with van der Waals surface area (Å²) in [4.78, 5) is 23.1. The summed E-state index contributed by atoms with van der Waals surface area (Å²) in [5.74, 6) is -1.40. The molecule has 0 radical (unpaired) electrons. The van der Waals surface area contributed by atoms with Crippen LogP contribution in [0.1, 0.15) is 59.4 Å². The molecular formula is C20H24FN3O3. The first-order valence-electron chi connectivity index (χ1n) is 9.35. The van der Waals surface area contributed by atoms with Gasteiger partial charge in [-0.2, -0.15) is 5.10 Å². The number of benzene rings is 1. The summed E-state index contributed by atoms with van der Waals surface area (Å²) in [5, 5.41) is 15.9. The van der Waals surface area contributed by atoms with Crippen LogP contribution in [0.15, 0.2) is 18.2 Å². The van der Waals surface area contributed by atoms with Gasteiger partial charge in [0.05, 0.1) is 0 Å². The highest BCUT2D eigenvalue weighted by molar-refractivity contribution is 5.94. The van der Waals surface area contributed by atoms with Gasteiger partial charge < -0.3 is 10.4 Å². The number of carbonyl (C=O) groups excluding carboxylic acids is 1. The third-order valence-corrected chi connectivity index (χ3v) is 4.90. The van der Waals surface area contributed by atoms with Crippen molar-refractivity contribution in [1.82, 2.24) is 15.1 Å². The number of halogens is 1. The minimum Gasteiger partial charge on any atom is -0.481 e. The fourth-order valence-electron chi connectivity index (χ4n) is 3.56. The maximum Gasteiger partial charge on any atom is 0.303 e. The predicted octanol–water partition coefficient (Wildman–Crippen LogP) is 3.18. The van der Waals surface area contributed by atoms with Crippen LogP contribution in [0, 0.1) is 12.7 Å². The van der Waals surface area contributed by atoms with E-state index in [0.29, 0.717) is 30.8 Å². The number of hydrogen-bond acceptors (Lipinski definition) is 3. The Kier molecular flexibility index (Phi) is 5.88. The van der Waals surface area contributed by atoms with Crippen molar-refractivity contribution < 1.29 is 19.1 Å². The second-order valence-corrected chi connectivity index (χ2v) is 6.90. The lowest BCUT2D eigenvalue weighted by atomic mass is 10.1. The summed E-state index contributed by atoms with van der Waals surface area (Å²) in [5.41, 5.74) is 3.37. The van der Waals surface area contributed by atoms with Crippen LogP contribution in [0.5, 0.6) is 0 Å². The Morgan fingerprint density at radius 1 is 1.26 bits per heavy atom. The molecule has 1 aromatic heterocycles. The lowest BCUT2D eigenvalue weighted by molar-refractivity contribution is -0.137. The molecule has 0 atom stereocenters. The van der Waals surface area contributed by atoms with Gasteiger partial charge in [-0.25, -0.2) is 9.07 Å². The number of hydrogen-bond donors (Lipinski definition) is 2. The SMILES string of the molecule is Cc1cccc(F)c1-n1nc(C(=O)NCCCCCC(=O)O)c2c1CCC2. The summed E-state index contributed by atoms with van der Waals surface area (Å²) in [7, 11) is 0. The molecule has 1 heterocycles. The van der Waals surface area contributed by atoms with Crippen molar-refractivity contribution in [2.45, 2.75) is 51.9 Å². The van der Waals surface area contributed by atoms with E-state index >= 15 is 0 Å². The molecule has 1 aliphatic rings. The zero-order valence-corrected chi connectivity index (χ0v) is 15.4. The van der Waals surface area contributed by atoms with Crippen LogP contribution in [0.4, 0.5) is 4.39 Å². The van der Waals surface area contributed by atoms with E-state index in [-0.39, 0.29) is 18.1 Å². The first-order valence-corrected chi connectivity index (χ1v) is 9.35. The predicted molar refractivity (Wildman–Crippen MR) is 98.7 cm³/mol. The number of aliphatic carboxylic acids is 1. The number of unbranched alkanes of at least 4 members (excludes halogenated alkanes) is 2. The molecule has 1 aromatic carbocycles. The molecule has 7 heteroatoms. The van der Waals surface area contributed by atoms with E-state index in [9.17, 15) is 14.0 Å². The fraction of sp³-hybridized carbons (Fsp3) is 0.450. The molecule has 1 aliphatic carbocycles. The Labute approximate surface area is 157 Å². The summed E-state index contributed by atoms with van der Waals surface area (Å²) in [6.45, 7) is 2.30. The minimum atomic E-state index is -0.802. The Hall–Kier alpha value is -2.70. The maximum absolute atomic E-state index is 14.4. The van der Waals surface area contributed by atoms with E-state index in [1.165, 1.54) is 6.07 Å². The second-order valence-electron chi connectivity index (χ2n) is 6.90. The van der Waals surface area contributed by atoms with E-state index in [0.717, 1.165) is 42.5 Å². The summed E-state index contributed by atoms with van der Waals surface area (Å²) in [6, 6.07) is 4.90. The molecule has 27 heavy (non-hydrogen) atoms. The molecule has 6 nitrogen and oxygen atoms in total. The topological polar surface area (TPSA) is 84.2 Å². The van der Waals surface area contributed by atoms with Crippen LogP contribution in [-0.2, 0) is 17.6 Å². The largest absolute Gasteiger partial charge is 0.481 e. The smallest absolute Gasteiger partial charge is 0.303 e. The van der Waals surface area contributed by atoms with E-state index in [1.807, 2.05) is 13.0 Å². The molecule has 0 bridgehead atoms. The molecule has 0 fully saturated rings. The van der Waals surface area contributed by atoms with E-state index in [2.05, 4.69) is 10.4 Å². The van der Waals surface area contributed by atoms with Gasteiger partial charge in [-0.1, -0.05) is 18.6 Å². The van der Waals surface area contributed by atoms with Gasteiger partial charge in [0.25, 0.3) is 5.91 Å². The Bertz CT molecular complexity index is 840. The normalized spacial score (nSPS) is 12.8. The van der Waals surface area contributed by atoms with Crippen molar-refractivity contribution in [1.29, 1.82) is 0 Å². The van der Waals surface area contributed by atoms with E-state index in [1.54, 1.807) is 10.7 Å². The lowest BCUT2D eigenvalue weighted by Crippen LogP contribution is -2.26. The summed E-state index contributed by atoms with van der Waals surface area (Å²) in [6.07, 6.45) is 4.68. The molecule has 0 saturated heterocycles. The van der Waals surface area contributed by atoms with Crippen molar-refractivity contribution >= 4 is 11.9 Å². The first kappa shape index (κ1) is 19.1. The number of nitrogens with one attached hydrogen (secondary N) is 1. The number of carboxylic acid groups (broad SMARTS) is 1. The molecule has 3 rings (SSSR count).